The number of aliphatic hydroxyl groups is 1. The number of carbonyl (C=O) groups excluding carboxylic acids is 1. The van der Waals surface area contributed by atoms with Crippen molar-refractivity contribution < 1.29 is 9.90 Å². The van der Waals surface area contributed by atoms with Crippen molar-refractivity contribution in [3.8, 4) is 0 Å². The van der Waals surface area contributed by atoms with Gasteiger partial charge in [0.2, 0.25) is 5.91 Å². The minimum absolute atomic E-state index is 0.252. The van der Waals surface area contributed by atoms with Crippen molar-refractivity contribution in [1.29, 1.82) is 0 Å². The van der Waals surface area contributed by atoms with Crippen LogP contribution in [0.5, 0.6) is 0 Å². The first-order valence-electron chi connectivity index (χ1n) is 7.74. The van der Waals surface area contributed by atoms with Crippen LogP contribution in [0.1, 0.15) is 64.2 Å². The summed E-state index contributed by atoms with van der Waals surface area (Å²) in [6.45, 7) is 1.20. The van der Waals surface area contributed by atoms with Crippen molar-refractivity contribution in [3.05, 3.63) is 0 Å². The van der Waals surface area contributed by atoms with Gasteiger partial charge in [-0.1, -0.05) is 19.3 Å². The van der Waals surface area contributed by atoms with Gasteiger partial charge in [0.05, 0.1) is 0 Å². The number of amides is 1. The fourth-order valence-corrected chi connectivity index (χ4v) is 3.50. The van der Waals surface area contributed by atoms with E-state index in [2.05, 4.69) is 4.90 Å². The van der Waals surface area contributed by atoms with E-state index in [1.807, 2.05) is 0 Å². The van der Waals surface area contributed by atoms with E-state index < -0.39 is 0 Å². The Labute approximate surface area is 111 Å². The normalized spacial score (nSPS) is 26.3. The molecule has 0 bridgehead atoms. The summed E-state index contributed by atoms with van der Waals surface area (Å²) in [6.07, 6.45) is 11.3. The molecule has 2 rings (SSSR count). The summed E-state index contributed by atoms with van der Waals surface area (Å²) in [5.41, 5.74) is 0. The van der Waals surface area contributed by atoms with Crippen LogP contribution in [0, 0.1) is 5.92 Å². The van der Waals surface area contributed by atoms with Gasteiger partial charge in [0, 0.05) is 25.1 Å². The quantitative estimate of drug-likeness (QED) is 0.837. The zero-order valence-corrected chi connectivity index (χ0v) is 11.4. The molecule has 18 heavy (non-hydrogen) atoms. The van der Waals surface area contributed by atoms with Gasteiger partial charge in [-0.3, -0.25) is 4.79 Å². The highest BCUT2D eigenvalue weighted by atomic mass is 16.3. The highest BCUT2D eigenvalue weighted by Crippen LogP contribution is 2.29. The second-order valence-electron chi connectivity index (χ2n) is 5.88. The summed E-state index contributed by atoms with van der Waals surface area (Å²) >= 11 is 0. The predicted octanol–water partition coefficient (Wildman–Crippen LogP) is 2.72. The van der Waals surface area contributed by atoms with E-state index >= 15 is 0 Å². The van der Waals surface area contributed by atoms with Gasteiger partial charge in [-0.05, 0) is 44.9 Å². The van der Waals surface area contributed by atoms with Crippen molar-refractivity contribution in [2.24, 2.45) is 5.92 Å². The Hall–Kier alpha value is -0.570. The molecule has 1 saturated heterocycles. The zero-order chi connectivity index (χ0) is 12.8. The molecule has 0 radical (unpaired) electrons. The van der Waals surface area contributed by atoms with E-state index in [4.69, 9.17) is 5.11 Å². The van der Waals surface area contributed by atoms with E-state index in [0.717, 1.165) is 45.1 Å². The lowest BCUT2D eigenvalue weighted by molar-refractivity contribution is -0.140. The molecule has 1 N–H and O–H groups in total. The Balaban J connectivity index is 1.91. The van der Waals surface area contributed by atoms with E-state index in [-0.39, 0.29) is 6.61 Å². The fourth-order valence-electron chi connectivity index (χ4n) is 3.50. The maximum Gasteiger partial charge on any atom is 0.225 e. The Bertz CT molecular complexity index is 261. The van der Waals surface area contributed by atoms with Crippen LogP contribution >= 0.6 is 0 Å². The summed E-state index contributed by atoms with van der Waals surface area (Å²) in [5, 5.41) is 8.97. The summed E-state index contributed by atoms with van der Waals surface area (Å²) in [6, 6.07) is 0.403. The molecule has 104 valence electrons. The van der Waals surface area contributed by atoms with E-state index in [9.17, 15) is 4.79 Å². The molecule has 0 aromatic heterocycles. The van der Waals surface area contributed by atoms with Crippen LogP contribution in [0.25, 0.3) is 0 Å². The van der Waals surface area contributed by atoms with Crippen molar-refractivity contribution in [2.75, 3.05) is 13.2 Å². The van der Waals surface area contributed by atoms with Gasteiger partial charge >= 0.3 is 0 Å². The lowest BCUT2D eigenvalue weighted by Gasteiger charge is -2.38. The number of carbonyl (C=O) groups is 1. The largest absolute Gasteiger partial charge is 0.396 e. The Morgan fingerprint density at radius 2 is 1.78 bits per heavy atom. The number of nitrogens with zero attached hydrogens (tertiary/aromatic N) is 1. The number of likely N-dealkylation sites (tertiary alicyclic amines) is 1. The molecule has 0 unspecified atom stereocenters. The van der Waals surface area contributed by atoms with Crippen LogP contribution in [0.2, 0.25) is 0 Å². The predicted molar refractivity (Wildman–Crippen MR) is 72.2 cm³/mol. The lowest BCUT2D eigenvalue weighted by Crippen LogP contribution is -2.46. The van der Waals surface area contributed by atoms with E-state index in [1.165, 1.54) is 25.7 Å². The first-order chi connectivity index (χ1) is 8.83. The minimum atomic E-state index is 0.252. The Morgan fingerprint density at radius 1 is 1.06 bits per heavy atom. The molecule has 2 fully saturated rings. The number of hydrogen-bond acceptors (Lipinski definition) is 2. The number of piperidine rings is 1. The molecular formula is C15H27NO2. The van der Waals surface area contributed by atoms with Crippen LogP contribution in [0.3, 0.4) is 0 Å². The van der Waals surface area contributed by atoms with Crippen molar-refractivity contribution in [1.82, 2.24) is 4.90 Å². The summed E-state index contributed by atoms with van der Waals surface area (Å²) < 4.78 is 0. The van der Waals surface area contributed by atoms with Gasteiger partial charge in [0.15, 0.2) is 0 Å². The standard InChI is InChI=1S/C15H27NO2/c17-12-6-10-14-9-4-5-11-16(14)15(18)13-7-2-1-3-8-13/h13-14,17H,1-12H2/t14-/m1/s1. The SMILES string of the molecule is O=C(C1CCCCC1)N1CCCC[C@@H]1CCCO. The fraction of sp³-hybridized carbons (Fsp3) is 0.933. The third-order valence-corrected chi connectivity index (χ3v) is 4.56. The molecule has 3 heteroatoms. The van der Waals surface area contributed by atoms with Crippen LogP contribution in [-0.4, -0.2) is 35.1 Å². The highest BCUT2D eigenvalue weighted by molar-refractivity contribution is 5.79. The van der Waals surface area contributed by atoms with E-state index in [1.54, 1.807) is 0 Å². The Morgan fingerprint density at radius 3 is 2.50 bits per heavy atom. The van der Waals surface area contributed by atoms with Crippen LogP contribution in [0.4, 0.5) is 0 Å². The van der Waals surface area contributed by atoms with Gasteiger partial charge in [-0.25, -0.2) is 0 Å². The topological polar surface area (TPSA) is 40.5 Å². The number of aliphatic hydroxyl groups excluding tert-OH is 1. The lowest BCUT2D eigenvalue weighted by atomic mass is 9.86. The van der Waals surface area contributed by atoms with Crippen LogP contribution in [-0.2, 0) is 4.79 Å². The van der Waals surface area contributed by atoms with Gasteiger partial charge < -0.3 is 10.0 Å². The van der Waals surface area contributed by atoms with Gasteiger partial charge in [0.1, 0.15) is 0 Å². The van der Waals surface area contributed by atoms with Crippen molar-refractivity contribution in [3.63, 3.8) is 0 Å². The monoisotopic (exact) mass is 253 g/mol. The second kappa shape index (κ2) is 7.13. The molecule has 1 saturated carbocycles. The third-order valence-electron chi connectivity index (χ3n) is 4.56. The highest BCUT2D eigenvalue weighted by Gasteiger charge is 2.31. The summed E-state index contributed by atoms with van der Waals surface area (Å²) in [7, 11) is 0. The molecule has 1 aliphatic heterocycles. The molecule has 0 spiro atoms. The number of rotatable bonds is 4. The van der Waals surface area contributed by atoms with Gasteiger partial charge in [-0.15, -0.1) is 0 Å². The molecular weight excluding hydrogens is 226 g/mol. The molecule has 1 amide bonds. The zero-order valence-electron chi connectivity index (χ0n) is 11.4. The van der Waals surface area contributed by atoms with E-state index in [0.29, 0.717) is 17.9 Å². The third kappa shape index (κ3) is 3.47. The Kier molecular flexibility index (Phi) is 5.48. The second-order valence-corrected chi connectivity index (χ2v) is 5.88. The summed E-state index contributed by atoms with van der Waals surface area (Å²) in [4.78, 5) is 14.7. The minimum Gasteiger partial charge on any atom is -0.396 e. The molecule has 0 aromatic carbocycles. The average molecular weight is 253 g/mol. The first-order valence-corrected chi connectivity index (χ1v) is 7.74. The average Bonchev–Trinajstić information content (AvgIpc) is 2.45. The molecule has 1 heterocycles. The molecule has 3 nitrogen and oxygen atoms in total. The smallest absolute Gasteiger partial charge is 0.225 e. The maximum absolute atomic E-state index is 12.6. The molecule has 0 aromatic rings. The van der Waals surface area contributed by atoms with Crippen molar-refractivity contribution in [2.45, 2.75) is 70.3 Å². The summed E-state index contributed by atoms with van der Waals surface area (Å²) in [5.74, 6) is 0.714. The first kappa shape index (κ1) is 13.9. The van der Waals surface area contributed by atoms with Crippen LogP contribution in [0.15, 0.2) is 0 Å². The van der Waals surface area contributed by atoms with Gasteiger partial charge in [0.25, 0.3) is 0 Å². The molecule has 2 aliphatic rings. The van der Waals surface area contributed by atoms with Crippen LogP contribution < -0.4 is 0 Å². The number of hydrogen-bond donors (Lipinski definition) is 1. The molecule has 1 aliphatic carbocycles. The van der Waals surface area contributed by atoms with Crippen molar-refractivity contribution >= 4 is 5.91 Å². The maximum atomic E-state index is 12.6. The van der Waals surface area contributed by atoms with Gasteiger partial charge in [-0.2, -0.15) is 0 Å². The molecule has 1 atom stereocenters.